The highest BCUT2D eigenvalue weighted by atomic mass is 19.1. The lowest BCUT2D eigenvalue weighted by molar-refractivity contribution is -0.131. The maximum absolute atomic E-state index is 13.1. The third-order valence-corrected chi connectivity index (χ3v) is 5.52. The highest BCUT2D eigenvalue weighted by molar-refractivity contribution is 5.78. The molecule has 0 bridgehead atoms. The molecule has 3 rings (SSSR count). The lowest BCUT2D eigenvalue weighted by atomic mass is 9.98. The van der Waals surface area contributed by atoms with Gasteiger partial charge in [0, 0.05) is 36.9 Å². The maximum atomic E-state index is 13.1. The van der Waals surface area contributed by atoms with E-state index in [1.165, 1.54) is 17.7 Å². The molecule has 1 aliphatic rings. The zero-order valence-electron chi connectivity index (χ0n) is 17.1. The van der Waals surface area contributed by atoms with Gasteiger partial charge in [-0.1, -0.05) is 12.1 Å². The molecule has 0 unspecified atom stereocenters. The molecule has 2 heterocycles. The quantitative estimate of drug-likeness (QED) is 0.730. The first-order chi connectivity index (χ1) is 13.5. The molecule has 0 N–H and O–H groups in total. The Hall–Kier alpha value is -2.27. The molecule has 0 radical (unpaired) electrons. The van der Waals surface area contributed by atoms with Gasteiger partial charge in [-0.2, -0.15) is 0 Å². The van der Waals surface area contributed by atoms with E-state index in [0.29, 0.717) is 12.5 Å². The van der Waals surface area contributed by atoms with Crippen LogP contribution in [0.1, 0.15) is 48.7 Å². The largest absolute Gasteiger partial charge is 0.342 e. The molecule has 1 amide bonds. The van der Waals surface area contributed by atoms with Crippen molar-refractivity contribution in [2.75, 3.05) is 32.7 Å². The Morgan fingerprint density at radius 3 is 2.57 bits per heavy atom. The number of rotatable bonds is 7. The normalized spacial score (nSPS) is 17.1. The topological polar surface area (TPSA) is 36.4 Å². The van der Waals surface area contributed by atoms with Crippen LogP contribution in [0.2, 0.25) is 0 Å². The molecule has 0 saturated carbocycles. The first kappa shape index (κ1) is 20.5. The minimum absolute atomic E-state index is 0.208. The van der Waals surface area contributed by atoms with E-state index in [9.17, 15) is 9.18 Å². The van der Waals surface area contributed by atoms with E-state index < -0.39 is 0 Å². The molecule has 0 spiro atoms. The van der Waals surface area contributed by atoms with Crippen LogP contribution in [-0.4, -0.2) is 53.4 Å². The summed E-state index contributed by atoms with van der Waals surface area (Å²) in [5.41, 5.74) is 4.41. The third-order valence-electron chi connectivity index (χ3n) is 5.52. The predicted molar refractivity (Wildman–Crippen MR) is 110 cm³/mol. The van der Waals surface area contributed by atoms with Gasteiger partial charge < -0.3 is 4.90 Å². The number of amides is 1. The molecular formula is C23H30FN3O. The molecule has 2 aromatic rings. The van der Waals surface area contributed by atoms with Crippen LogP contribution in [0.25, 0.3) is 0 Å². The number of aromatic nitrogens is 1. The molecule has 1 atom stereocenters. The van der Waals surface area contributed by atoms with E-state index in [2.05, 4.69) is 17.0 Å². The number of aryl methyl sites for hydroxylation is 1. The van der Waals surface area contributed by atoms with Crippen LogP contribution >= 0.6 is 0 Å². The van der Waals surface area contributed by atoms with Crippen LogP contribution in [-0.2, 0) is 11.2 Å². The second-order valence-electron chi connectivity index (χ2n) is 7.63. The van der Waals surface area contributed by atoms with Gasteiger partial charge in [0.25, 0.3) is 0 Å². The number of hydrogen-bond acceptors (Lipinski definition) is 3. The minimum atomic E-state index is -0.208. The van der Waals surface area contributed by atoms with Crippen molar-refractivity contribution in [2.45, 2.75) is 39.5 Å². The summed E-state index contributed by atoms with van der Waals surface area (Å²) in [6, 6.07) is 11.0. The van der Waals surface area contributed by atoms with Gasteiger partial charge in [-0.25, -0.2) is 4.39 Å². The zero-order valence-corrected chi connectivity index (χ0v) is 17.1. The molecule has 1 aromatic carbocycles. The highest BCUT2D eigenvalue weighted by Crippen LogP contribution is 2.27. The summed E-state index contributed by atoms with van der Waals surface area (Å²) in [5, 5.41) is 0. The molecule has 0 aliphatic carbocycles. The molecular weight excluding hydrogens is 353 g/mol. The van der Waals surface area contributed by atoms with Crippen LogP contribution in [0.15, 0.2) is 36.4 Å². The highest BCUT2D eigenvalue weighted by Gasteiger charge is 2.27. The Bertz CT molecular complexity index is 802. The monoisotopic (exact) mass is 383 g/mol. The second kappa shape index (κ2) is 9.28. The number of halogens is 1. The number of hydrogen-bond donors (Lipinski definition) is 0. The van der Waals surface area contributed by atoms with Crippen molar-refractivity contribution in [2.24, 2.45) is 0 Å². The van der Waals surface area contributed by atoms with Crippen LogP contribution in [0.4, 0.5) is 4.39 Å². The first-order valence-electron chi connectivity index (χ1n) is 10.2. The number of pyridine rings is 1. The fourth-order valence-corrected chi connectivity index (χ4v) is 4.00. The van der Waals surface area contributed by atoms with Gasteiger partial charge in [0.1, 0.15) is 5.82 Å². The summed E-state index contributed by atoms with van der Waals surface area (Å²) in [6.45, 7) is 9.89. The lowest BCUT2D eigenvalue weighted by Crippen LogP contribution is -2.39. The number of nitrogens with zero attached hydrogens (tertiary/aromatic N) is 3. The van der Waals surface area contributed by atoms with Gasteiger partial charge >= 0.3 is 0 Å². The van der Waals surface area contributed by atoms with E-state index in [1.807, 2.05) is 37.8 Å². The Labute approximate surface area is 167 Å². The SMILES string of the molecule is CCN(CC)C(=O)CN1CC[C@H](c2cc(Cc3ccc(F)cc3)cc(C)n2)C1. The Kier molecular flexibility index (Phi) is 6.79. The van der Waals surface area contributed by atoms with Gasteiger partial charge in [-0.15, -0.1) is 0 Å². The molecule has 5 heteroatoms. The van der Waals surface area contributed by atoms with Crippen molar-refractivity contribution in [3.63, 3.8) is 0 Å². The summed E-state index contributed by atoms with van der Waals surface area (Å²) in [4.78, 5) is 21.3. The molecule has 4 nitrogen and oxygen atoms in total. The van der Waals surface area contributed by atoms with Crippen molar-refractivity contribution in [3.8, 4) is 0 Å². The van der Waals surface area contributed by atoms with E-state index >= 15 is 0 Å². The van der Waals surface area contributed by atoms with Gasteiger partial charge in [0.2, 0.25) is 5.91 Å². The van der Waals surface area contributed by atoms with Crippen LogP contribution in [0.5, 0.6) is 0 Å². The number of carbonyl (C=O) groups is 1. The van der Waals surface area contributed by atoms with E-state index in [4.69, 9.17) is 4.98 Å². The predicted octanol–water partition coefficient (Wildman–Crippen LogP) is 3.78. The smallest absolute Gasteiger partial charge is 0.236 e. The van der Waals surface area contributed by atoms with Crippen LogP contribution in [0.3, 0.4) is 0 Å². The second-order valence-corrected chi connectivity index (χ2v) is 7.63. The fraction of sp³-hybridized carbons (Fsp3) is 0.478. The average molecular weight is 384 g/mol. The van der Waals surface area contributed by atoms with Crippen molar-refractivity contribution in [3.05, 3.63) is 64.7 Å². The van der Waals surface area contributed by atoms with Crippen molar-refractivity contribution < 1.29 is 9.18 Å². The summed E-state index contributed by atoms with van der Waals surface area (Å²) in [6.07, 6.45) is 1.80. The van der Waals surface area contributed by atoms with E-state index in [0.717, 1.165) is 56.0 Å². The van der Waals surface area contributed by atoms with Crippen LogP contribution < -0.4 is 0 Å². The van der Waals surface area contributed by atoms with Crippen molar-refractivity contribution in [1.82, 2.24) is 14.8 Å². The molecule has 1 fully saturated rings. The number of likely N-dealkylation sites (N-methyl/N-ethyl adjacent to an activating group) is 1. The van der Waals surface area contributed by atoms with Gasteiger partial charge in [0.15, 0.2) is 0 Å². The van der Waals surface area contributed by atoms with Crippen LogP contribution in [0, 0.1) is 12.7 Å². The fourth-order valence-electron chi connectivity index (χ4n) is 4.00. The molecule has 1 aromatic heterocycles. The zero-order chi connectivity index (χ0) is 20.1. The van der Waals surface area contributed by atoms with Crippen molar-refractivity contribution >= 4 is 5.91 Å². The Morgan fingerprint density at radius 1 is 1.18 bits per heavy atom. The molecule has 28 heavy (non-hydrogen) atoms. The summed E-state index contributed by atoms with van der Waals surface area (Å²) >= 11 is 0. The lowest BCUT2D eigenvalue weighted by Gasteiger charge is -2.22. The minimum Gasteiger partial charge on any atom is -0.342 e. The summed E-state index contributed by atoms with van der Waals surface area (Å²) < 4.78 is 13.1. The van der Waals surface area contributed by atoms with Crippen molar-refractivity contribution in [1.29, 1.82) is 0 Å². The number of carbonyl (C=O) groups excluding carboxylic acids is 1. The standard InChI is InChI=1S/C23H30FN3O/c1-4-27(5-2)23(28)16-26-11-10-20(15-26)22-14-19(12-17(3)25-22)13-18-6-8-21(24)9-7-18/h6-9,12,14,20H,4-5,10-11,13,15-16H2,1-3H3/t20-/m0/s1. The Morgan fingerprint density at radius 2 is 1.89 bits per heavy atom. The first-order valence-corrected chi connectivity index (χ1v) is 10.2. The van der Waals surface area contributed by atoms with Gasteiger partial charge in [-0.3, -0.25) is 14.7 Å². The van der Waals surface area contributed by atoms with E-state index in [1.54, 1.807) is 0 Å². The maximum Gasteiger partial charge on any atom is 0.236 e. The summed E-state index contributed by atoms with van der Waals surface area (Å²) in [5.74, 6) is 0.358. The number of likely N-dealkylation sites (tertiary alicyclic amines) is 1. The third kappa shape index (κ3) is 5.16. The molecule has 1 saturated heterocycles. The molecule has 150 valence electrons. The Balaban J connectivity index is 1.66. The number of benzene rings is 1. The van der Waals surface area contributed by atoms with E-state index in [-0.39, 0.29) is 11.7 Å². The average Bonchev–Trinajstić information content (AvgIpc) is 3.13. The van der Waals surface area contributed by atoms with Gasteiger partial charge in [0.05, 0.1) is 6.54 Å². The van der Waals surface area contributed by atoms with Gasteiger partial charge in [-0.05, 0) is 75.5 Å². The molecule has 1 aliphatic heterocycles. The summed E-state index contributed by atoms with van der Waals surface area (Å²) in [7, 11) is 0.